The van der Waals surface area contributed by atoms with E-state index in [2.05, 4.69) is 57.1 Å². The first-order valence-corrected chi connectivity index (χ1v) is 9.39. The molecule has 0 atom stereocenters. The van der Waals surface area contributed by atoms with Crippen LogP contribution < -0.4 is 11.1 Å². The minimum absolute atomic E-state index is 0.0201. The number of hydrogen-bond donors (Lipinski definition) is 2. The summed E-state index contributed by atoms with van der Waals surface area (Å²) in [5, 5.41) is 10.3. The molecular formula is C17H12Br2N6O2. The fourth-order valence-corrected chi connectivity index (χ4v) is 4.03. The second kappa shape index (κ2) is 7.12. The molecule has 8 nitrogen and oxygen atoms in total. The van der Waals surface area contributed by atoms with Gasteiger partial charge >= 0.3 is 0 Å². The number of nitrogen functional groups attached to an aromatic ring is 1. The summed E-state index contributed by atoms with van der Waals surface area (Å²) in [7, 11) is 0. The number of benzene rings is 2. The lowest BCUT2D eigenvalue weighted by molar-refractivity contribution is -0.116. The highest BCUT2D eigenvalue weighted by atomic mass is 79.9. The van der Waals surface area contributed by atoms with Crippen molar-refractivity contribution >= 4 is 60.3 Å². The minimum atomic E-state index is -0.223. The molecule has 1 amide bonds. The fraction of sp³-hybridized carbons (Fsp3) is 0.0588. The number of carbonyl (C=O) groups is 1. The number of amides is 1. The van der Waals surface area contributed by atoms with Gasteiger partial charge in [-0.05, 0) is 40.6 Å². The standard InChI is InChI=1S/C17H12Br2N6O2/c18-9-5-10(19)7-11(6-9)21-14(26)8-25-13-4-2-1-3-12(13)22-17(25)15-16(20)24-27-23-15/h1-7H,8H2,(H2,20,24)(H,21,26). The van der Waals surface area contributed by atoms with Crippen LogP contribution in [0.15, 0.2) is 56.0 Å². The molecule has 0 bridgehead atoms. The molecule has 2 heterocycles. The third-order valence-electron chi connectivity index (χ3n) is 3.83. The Kier molecular flexibility index (Phi) is 4.66. The number of anilines is 2. The van der Waals surface area contributed by atoms with Gasteiger partial charge in [-0.25, -0.2) is 9.61 Å². The Labute approximate surface area is 170 Å². The molecule has 0 aliphatic heterocycles. The summed E-state index contributed by atoms with van der Waals surface area (Å²) in [6.07, 6.45) is 0. The zero-order valence-corrected chi connectivity index (χ0v) is 16.9. The topological polar surface area (TPSA) is 112 Å². The van der Waals surface area contributed by atoms with Crippen molar-refractivity contribution < 1.29 is 9.42 Å². The number of rotatable bonds is 4. The first-order valence-electron chi connectivity index (χ1n) is 7.81. The quantitative estimate of drug-likeness (QED) is 0.448. The van der Waals surface area contributed by atoms with Crippen molar-refractivity contribution in [3.8, 4) is 11.5 Å². The van der Waals surface area contributed by atoms with Crippen LogP contribution in [0, 0.1) is 0 Å². The molecule has 2 aromatic carbocycles. The lowest BCUT2D eigenvalue weighted by Crippen LogP contribution is -2.19. The summed E-state index contributed by atoms with van der Waals surface area (Å²) in [4.78, 5) is 17.2. The third-order valence-corrected chi connectivity index (χ3v) is 4.74. The Morgan fingerprint density at radius 2 is 1.89 bits per heavy atom. The highest BCUT2D eigenvalue weighted by molar-refractivity contribution is 9.11. The molecule has 0 aliphatic carbocycles. The number of aromatic nitrogens is 4. The highest BCUT2D eigenvalue weighted by Crippen LogP contribution is 2.27. The molecule has 2 aromatic heterocycles. The molecule has 0 aliphatic rings. The number of nitrogens with two attached hydrogens (primary N) is 1. The van der Waals surface area contributed by atoms with Crippen molar-refractivity contribution in [2.24, 2.45) is 0 Å². The number of fused-ring (bicyclic) bond motifs is 1. The SMILES string of the molecule is Nc1nonc1-c1nc2ccccc2n1CC(=O)Nc1cc(Br)cc(Br)c1. The van der Waals surface area contributed by atoms with Crippen LogP contribution in [0.25, 0.3) is 22.6 Å². The fourth-order valence-electron chi connectivity index (χ4n) is 2.74. The molecule has 27 heavy (non-hydrogen) atoms. The van der Waals surface area contributed by atoms with Gasteiger partial charge in [0.25, 0.3) is 0 Å². The molecule has 136 valence electrons. The van der Waals surface area contributed by atoms with E-state index in [0.29, 0.717) is 22.7 Å². The summed E-state index contributed by atoms with van der Waals surface area (Å²) in [6.45, 7) is 0.0201. The second-order valence-electron chi connectivity index (χ2n) is 5.71. The number of hydrogen-bond acceptors (Lipinski definition) is 6. The molecular weight excluding hydrogens is 480 g/mol. The van der Waals surface area contributed by atoms with Crippen LogP contribution in [0.4, 0.5) is 11.5 Å². The Hall–Kier alpha value is -2.72. The third kappa shape index (κ3) is 3.58. The van der Waals surface area contributed by atoms with Crippen LogP contribution in [0.5, 0.6) is 0 Å². The van der Waals surface area contributed by atoms with Gasteiger partial charge in [0.15, 0.2) is 17.3 Å². The molecule has 10 heteroatoms. The van der Waals surface area contributed by atoms with E-state index in [0.717, 1.165) is 14.5 Å². The van der Waals surface area contributed by atoms with Crippen LogP contribution in [-0.2, 0) is 11.3 Å². The smallest absolute Gasteiger partial charge is 0.244 e. The molecule has 4 rings (SSSR count). The van der Waals surface area contributed by atoms with Gasteiger partial charge in [-0.15, -0.1) is 0 Å². The lowest BCUT2D eigenvalue weighted by Gasteiger charge is -2.10. The molecule has 3 N–H and O–H groups in total. The average molecular weight is 492 g/mol. The molecule has 0 spiro atoms. The maximum Gasteiger partial charge on any atom is 0.244 e. The second-order valence-corrected chi connectivity index (χ2v) is 7.55. The Morgan fingerprint density at radius 3 is 2.59 bits per heavy atom. The van der Waals surface area contributed by atoms with Crippen LogP contribution >= 0.6 is 31.9 Å². The van der Waals surface area contributed by atoms with Crippen molar-refractivity contribution in [2.45, 2.75) is 6.54 Å². The van der Waals surface area contributed by atoms with Gasteiger partial charge in [-0.2, -0.15) is 0 Å². The highest BCUT2D eigenvalue weighted by Gasteiger charge is 2.20. The van der Waals surface area contributed by atoms with E-state index in [1.807, 2.05) is 42.5 Å². The van der Waals surface area contributed by atoms with E-state index in [1.54, 1.807) is 4.57 Å². The van der Waals surface area contributed by atoms with Gasteiger partial charge in [0.05, 0.1) is 11.0 Å². The number of nitrogens with one attached hydrogen (secondary N) is 1. The van der Waals surface area contributed by atoms with E-state index in [1.165, 1.54) is 0 Å². The summed E-state index contributed by atoms with van der Waals surface area (Å²) < 4.78 is 8.12. The Balaban J connectivity index is 1.70. The number of carbonyl (C=O) groups excluding carboxylic acids is 1. The molecule has 0 fully saturated rings. The first-order chi connectivity index (χ1) is 13.0. The van der Waals surface area contributed by atoms with Crippen molar-refractivity contribution in [1.82, 2.24) is 19.9 Å². The number of imidazole rings is 1. The maximum atomic E-state index is 12.7. The van der Waals surface area contributed by atoms with Crippen LogP contribution in [0.1, 0.15) is 0 Å². The Bertz CT molecular complexity index is 1130. The summed E-state index contributed by atoms with van der Waals surface area (Å²) >= 11 is 6.81. The van der Waals surface area contributed by atoms with Gasteiger partial charge < -0.3 is 15.6 Å². The maximum absolute atomic E-state index is 12.7. The van der Waals surface area contributed by atoms with E-state index >= 15 is 0 Å². The number of para-hydroxylation sites is 2. The monoisotopic (exact) mass is 490 g/mol. The van der Waals surface area contributed by atoms with E-state index < -0.39 is 0 Å². The summed E-state index contributed by atoms with van der Waals surface area (Å²) in [5.41, 5.74) is 8.27. The van der Waals surface area contributed by atoms with Gasteiger partial charge in [0, 0.05) is 14.6 Å². The average Bonchev–Trinajstić information content (AvgIpc) is 3.17. The van der Waals surface area contributed by atoms with Gasteiger partial charge in [-0.3, -0.25) is 4.79 Å². The molecule has 0 saturated carbocycles. The largest absolute Gasteiger partial charge is 0.379 e. The molecule has 0 saturated heterocycles. The van der Waals surface area contributed by atoms with Crippen LogP contribution in [0.2, 0.25) is 0 Å². The number of nitrogens with zero attached hydrogens (tertiary/aromatic N) is 4. The molecule has 0 unspecified atom stereocenters. The van der Waals surface area contributed by atoms with E-state index in [9.17, 15) is 4.79 Å². The Morgan fingerprint density at radius 1 is 1.15 bits per heavy atom. The van der Waals surface area contributed by atoms with Crippen LogP contribution in [-0.4, -0.2) is 25.8 Å². The normalized spacial score (nSPS) is 11.0. The van der Waals surface area contributed by atoms with Gasteiger partial charge in [0.1, 0.15) is 6.54 Å². The van der Waals surface area contributed by atoms with Crippen molar-refractivity contribution in [1.29, 1.82) is 0 Å². The van der Waals surface area contributed by atoms with E-state index in [4.69, 9.17) is 5.73 Å². The number of halogens is 2. The van der Waals surface area contributed by atoms with Gasteiger partial charge in [0.2, 0.25) is 5.91 Å². The van der Waals surface area contributed by atoms with Gasteiger partial charge in [-0.1, -0.05) is 44.0 Å². The minimum Gasteiger partial charge on any atom is -0.379 e. The molecule has 0 radical (unpaired) electrons. The summed E-state index contributed by atoms with van der Waals surface area (Å²) in [5.74, 6) is 0.308. The zero-order valence-electron chi connectivity index (χ0n) is 13.7. The molecule has 4 aromatic rings. The predicted molar refractivity (Wildman–Crippen MR) is 108 cm³/mol. The van der Waals surface area contributed by atoms with Crippen molar-refractivity contribution in [2.75, 3.05) is 11.1 Å². The first kappa shape index (κ1) is 17.7. The van der Waals surface area contributed by atoms with Crippen molar-refractivity contribution in [3.63, 3.8) is 0 Å². The summed E-state index contributed by atoms with van der Waals surface area (Å²) in [6, 6.07) is 13.0. The van der Waals surface area contributed by atoms with Crippen LogP contribution in [0.3, 0.4) is 0 Å². The zero-order chi connectivity index (χ0) is 19.0. The lowest BCUT2D eigenvalue weighted by atomic mass is 10.3. The van der Waals surface area contributed by atoms with E-state index in [-0.39, 0.29) is 18.3 Å². The van der Waals surface area contributed by atoms with Crippen molar-refractivity contribution in [3.05, 3.63) is 51.4 Å². The predicted octanol–water partition coefficient (Wildman–Crippen LogP) is 3.83.